The van der Waals surface area contributed by atoms with Gasteiger partial charge in [-0.2, -0.15) is 0 Å². The van der Waals surface area contributed by atoms with Gasteiger partial charge in [0.15, 0.2) is 0 Å². The van der Waals surface area contributed by atoms with Crippen LogP contribution in [0.25, 0.3) is 10.8 Å². The number of unbranched alkanes of at least 4 members (excludes halogenated alkanes) is 1. The lowest BCUT2D eigenvalue weighted by molar-refractivity contribution is -0.142. The van der Waals surface area contributed by atoms with Crippen LogP contribution in [0, 0.1) is 5.92 Å². The van der Waals surface area contributed by atoms with Crippen molar-refractivity contribution in [2.45, 2.75) is 77.0 Å². The van der Waals surface area contributed by atoms with E-state index in [1.165, 1.54) is 0 Å². The van der Waals surface area contributed by atoms with Crippen molar-refractivity contribution >= 4 is 40.9 Å². The van der Waals surface area contributed by atoms with Gasteiger partial charge in [-0.15, -0.1) is 12.4 Å². The molecule has 2 aromatic carbocycles. The number of rotatable bonds is 13. The second-order valence-electron chi connectivity index (χ2n) is 10.0. The van der Waals surface area contributed by atoms with Crippen LogP contribution in [0.5, 0.6) is 0 Å². The molecule has 1 fully saturated rings. The Morgan fingerprint density at radius 3 is 2.55 bits per heavy atom. The molecule has 9 heteroatoms. The number of hydrogen-bond acceptors (Lipinski definition) is 5. The Balaban J connectivity index is 0.00000507. The largest absolute Gasteiger partial charge is 0.390 e. The van der Waals surface area contributed by atoms with E-state index in [1.807, 2.05) is 49.4 Å². The zero-order valence-corrected chi connectivity index (χ0v) is 23.3. The van der Waals surface area contributed by atoms with Crippen LogP contribution in [0.1, 0.15) is 57.9 Å². The monoisotopic (exact) mass is 546 g/mol. The van der Waals surface area contributed by atoms with Crippen molar-refractivity contribution in [2.75, 3.05) is 19.6 Å². The molecular formula is C29H43ClN4O4. The number of amides is 3. The van der Waals surface area contributed by atoms with Crippen LogP contribution < -0.4 is 16.4 Å². The van der Waals surface area contributed by atoms with Crippen LogP contribution in [0.4, 0.5) is 0 Å². The van der Waals surface area contributed by atoms with Gasteiger partial charge in [-0.25, -0.2) is 0 Å². The Morgan fingerprint density at radius 2 is 1.87 bits per heavy atom. The van der Waals surface area contributed by atoms with E-state index in [0.717, 1.165) is 48.4 Å². The maximum atomic E-state index is 13.4. The maximum absolute atomic E-state index is 13.4. The van der Waals surface area contributed by atoms with Gasteiger partial charge in [0.1, 0.15) is 12.1 Å². The van der Waals surface area contributed by atoms with Gasteiger partial charge in [0.2, 0.25) is 17.7 Å². The Hall–Kier alpha value is -2.68. The van der Waals surface area contributed by atoms with E-state index < -0.39 is 18.2 Å². The molecule has 0 aliphatic carbocycles. The van der Waals surface area contributed by atoms with Crippen molar-refractivity contribution in [3.8, 4) is 0 Å². The summed E-state index contributed by atoms with van der Waals surface area (Å²) in [5.74, 6) is -0.742. The molecule has 0 radical (unpaired) electrons. The van der Waals surface area contributed by atoms with Crippen LogP contribution in [0.2, 0.25) is 0 Å². The van der Waals surface area contributed by atoms with Crippen LogP contribution in [0.15, 0.2) is 42.5 Å². The van der Waals surface area contributed by atoms with Gasteiger partial charge in [-0.1, -0.05) is 69.2 Å². The van der Waals surface area contributed by atoms with E-state index in [4.69, 9.17) is 5.73 Å². The number of nitrogens with two attached hydrogens (primary N) is 1. The Kier molecular flexibility index (Phi) is 13.0. The fourth-order valence-corrected chi connectivity index (χ4v) is 4.99. The average Bonchev–Trinajstić information content (AvgIpc) is 3.41. The molecule has 0 bridgehead atoms. The molecule has 3 amide bonds. The molecule has 8 nitrogen and oxygen atoms in total. The highest BCUT2D eigenvalue weighted by atomic mass is 35.5. The summed E-state index contributed by atoms with van der Waals surface area (Å²) in [5.41, 5.74) is 6.38. The highest BCUT2D eigenvalue weighted by molar-refractivity contribution is 5.93. The van der Waals surface area contributed by atoms with Crippen molar-refractivity contribution < 1.29 is 19.5 Å². The zero-order valence-electron chi connectivity index (χ0n) is 22.5. The number of carbonyl (C=O) groups excluding carboxylic acids is 3. The maximum Gasteiger partial charge on any atom is 0.243 e. The van der Waals surface area contributed by atoms with Gasteiger partial charge in [-0.3, -0.25) is 14.4 Å². The highest BCUT2D eigenvalue weighted by Gasteiger charge is 2.37. The number of halogens is 1. The lowest BCUT2D eigenvalue weighted by atomic mass is 9.97. The second-order valence-corrected chi connectivity index (χ2v) is 10.0. The third-order valence-corrected chi connectivity index (χ3v) is 7.26. The molecule has 2 aromatic rings. The van der Waals surface area contributed by atoms with Gasteiger partial charge in [0.05, 0.1) is 6.10 Å². The third kappa shape index (κ3) is 8.41. The Morgan fingerprint density at radius 1 is 1.13 bits per heavy atom. The lowest BCUT2D eigenvalue weighted by Gasteiger charge is -2.29. The summed E-state index contributed by atoms with van der Waals surface area (Å²) in [6, 6.07) is 12.5. The molecular weight excluding hydrogens is 504 g/mol. The molecule has 1 aliphatic rings. The minimum Gasteiger partial charge on any atom is -0.390 e. The van der Waals surface area contributed by atoms with Gasteiger partial charge in [-0.05, 0) is 42.0 Å². The molecule has 3 unspecified atom stereocenters. The number of aliphatic hydroxyl groups excluding tert-OH is 1. The molecule has 38 heavy (non-hydrogen) atoms. The van der Waals surface area contributed by atoms with Crippen molar-refractivity contribution in [1.29, 1.82) is 0 Å². The smallest absolute Gasteiger partial charge is 0.243 e. The molecule has 210 valence electrons. The van der Waals surface area contributed by atoms with Gasteiger partial charge < -0.3 is 26.4 Å². The summed E-state index contributed by atoms with van der Waals surface area (Å²) in [7, 11) is 0. The van der Waals surface area contributed by atoms with E-state index in [1.54, 1.807) is 4.90 Å². The number of benzene rings is 2. The molecule has 0 aromatic heterocycles. The van der Waals surface area contributed by atoms with E-state index in [2.05, 4.69) is 17.6 Å². The number of carbonyl (C=O) groups is 3. The number of hydrogen-bond donors (Lipinski definition) is 4. The normalized spacial score (nSPS) is 17.4. The van der Waals surface area contributed by atoms with Crippen LogP contribution in [-0.2, 0) is 20.8 Å². The second kappa shape index (κ2) is 15.7. The lowest BCUT2D eigenvalue weighted by Crippen LogP contribution is -2.55. The average molecular weight is 547 g/mol. The summed E-state index contributed by atoms with van der Waals surface area (Å²) in [4.78, 5) is 41.5. The van der Waals surface area contributed by atoms with E-state index in [-0.39, 0.29) is 55.6 Å². The third-order valence-electron chi connectivity index (χ3n) is 7.26. The van der Waals surface area contributed by atoms with Crippen LogP contribution in [0.3, 0.4) is 0 Å². The topological polar surface area (TPSA) is 125 Å². The molecule has 5 N–H and O–H groups in total. The first-order valence-corrected chi connectivity index (χ1v) is 13.6. The number of fused-ring (bicyclic) bond motifs is 1. The van der Waals surface area contributed by atoms with Crippen LogP contribution in [-0.4, -0.2) is 65.5 Å². The number of nitrogens with one attached hydrogen (secondary N) is 2. The van der Waals surface area contributed by atoms with Crippen molar-refractivity contribution in [1.82, 2.24) is 15.5 Å². The summed E-state index contributed by atoms with van der Waals surface area (Å²) >= 11 is 0. The molecule has 0 spiro atoms. The fraction of sp³-hybridized carbons (Fsp3) is 0.552. The molecule has 1 saturated heterocycles. The quantitative estimate of drug-likeness (QED) is 0.307. The number of aliphatic hydroxyl groups is 1. The van der Waals surface area contributed by atoms with Crippen molar-refractivity contribution in [3.63, 3.8) is 0 Å². The summed E-state index contributed by atoms with van der Waals surface area (Å²) in [6.45, 7) is 4.71. The predicted octanol–water partition coefficient (Wildman–Crippen LogP) is 2.93. The van der Waals surface area contributed by atoms with Gasteiger partial charge in [0.25, 0.3) is 0 Å². The van der Waals surface area contributed by atoms with E-state index in [0.29, 0.717) is 13.0 Å². The highest BCUT2D eigenvalue weighted by Crippen LogP contribution is 2.24. The first-order valence-electron chi connectivity index (χ1n) is 13.6. The summed E-state index contributed by atoms with van der Waals surface area (Å²) < 4.78 is 0. The fourth-order valence-electron chi connectivity index (χ4n) is 4.99. The first kappa shape index (κ1) is 31.5. The van der Waals surface area contributed by atoms with Gasteiger partial charge in [0, 0.05) is 32.0 Å². The Bertz CT molecular complexity index is 1070. The summed E-state index contributed by atoms with van der Waals surface area (Å²) in [6.07, 6.45) is 4.35. The van der Waals surface area contributed by atoms with Crippen molar-refractivity contribution in [3.05, 3.63) is 48.0 Å². The Labute approximate surface area is 232 Å². The first-order chi connectivity index (χ1) is 17.9. The molecule has 0 saturated carbocycles. The molecule has 3 rings (SSSR count). The van der Waals surface area contributed by atoms with Crippen LogP contribution >= 0.6 is 12.4 Å². The zero-order chi connectivity index (χ0) is 26.8. The molecule has 4 atom stereocenters. The van der Waals surface area contributed by atoms with E-state index >= 15 is 0 Å². The standard InChI is InChI=1S/C29H42N4O4.ClH/c1-3-5-9-21(4-2)29(37)33-15-8-12-26(33)28(36)32-25(27(35)31-19-24(34)18-30)17-20-13-14-22-10-6-7-11-23(22)16-20;/h6-7,10-11,13-14,16,21,24-26,34H,3-5,8-9,12,15,17-19,30H2,1-2H3,(H,31,35)(H,32,36);1H/t21?,24?,25-,26?;/m1./s1. The summed E-state index contributed by atoms with van der Waals surface area (Å²) in [5, 5.41) is 17.6. The van der Waals surface area contributed by atoms with E-state index in [9.17, 15) is 19.5 Å². The number of likely N-dealkylation sites (tertiary alicyclic amines) is 1. The number of nitrogens with zero attached hydrogens (tertiary/aromatic N) is 1. The molecule has 1 aliphatic heterocycles. The minimum absolute atomic E-state index is 0. The van der Waals surface area contributed by atoms with Crippen molar-refractivity contribution in [2.24, 2.45) is 11.7 Å². The SMILES string of the molecule is CCCCC(CC)C(=O)N1CCCC1C(=O)N[C@H](Cc1ccc2ccccc2c1)C(=O)NCC(O)CN.Cl. The minimum atomic E-state index is -0.863. The predicted molar refractivity (Wildman–Crippen MR) is 153 cm³/mol. The molecule has 1 heterocycles. The van der Waals surface area contributed by atoms with Gasteiger partial charge >= 0.3 is 0 Å².